The minimum atomic E-state index is -0.995. The second kappa shape index (κ2) is 8.98. The molecule has 0 aliphatic carbocycles. The molecule has 2 aromatic heterocycles. The number of fused-ring (bicyclic) bond motifs is 3. The fourth-order valence-corrected chi connectivity index (χ4v) is 5.24. The summed E-state index contributed by atoms with van der Waals surface area (Å²) < 4.78 is 5.64. The van der Waals surface area contributed by atoms with Crippen molar-refractivity contribution >= 4 is 46.0 Å². The Morgan fingerprint density at radius 3 is 2.36 bits per heavy atom. The van der Waals surface area contributed by atoms with E-state index in [2.05, 4.69) is 15.0 Å². The largest absolute Gasteiger partial charge is 0.449 e. The molecule has 0 saturated carbocycles. The Labute approximate surface area is 211 Å². The number of benzene rings is 3. The van der Waals surface area contributed by atoms with Gasteiger partial charge in [-0.1, -0.05) is 36.0 Å². The number of H-pyrrole nitrogens is 1. The van der Waals surface area contributed by atoms with Gasteiger partial charge in [-0.05, 0) is 61.5 Å². The summed E-state index contributed by atoms with van der Waals surface area (Å²) >= 11 is 1.61. The van der Waals surface area contributed by atoms with Gasteiger partial charge in [-0.2, -0.15) is 0 Å². The zero-order valence-corrected chi connectivity index (χ0v) is 20.0. The summed E-state index contributed by atoms with van der Waals surface area (Å²) in [6, 6.07) is 24.3. The minimum Gasteiger partial charge on any atom is -0.449 e. The van der Waals surface area contributed by atoms with Crippen LogP contribution in [-0.4, -0.2) is 32.9 Å². The highest BCUT2D eigenvalue weighted by atomic mass is 32.2. The van der Waals surface area contributed by atoms with Crippen molar-refractivity contribution in [1.29, 1.82) is 0 Å². The van der Waals surface area contributed by atoms with Gasteiger partial charge in [0.05, 0.1) is 28.0 Å². The SMILES string of the molecule is CC(OC(=O)c1ccc2nc(-c3cccnc3)[nH]c2c1)C(=O)N1c2ccccc2Sc2ccccc21. The van der Waals surface area contributed by atoms with Gasteiger partial charge >= 0.3 is 5.97 Å². The molecule has 1 atom stereocenters. The maximum Gasteiger partial charge on any atom is 0.338 e. The summed E-state index contributed by atoms with van der Waals surface area (Å²) in [6.45, 7) is 1.60. The summed E-state index contributed by atoms with van der Waals surface area (Å²) in [5, 5.41) is 0. The van der Waals surface area contributed by atoms with Gasteiger partial charge in [0.15, 0.2) is 6.10 Å². The predicted octanol–water partition coefficient (Wildman–Crippen LogP) is 6.00. The Balaban J connectivity index is 1.25. The predicted molar refractivity (Wildman–Crippen MR) is 138 cm³/mol. The van der Waals surface area contributed by atoms with E-state index in [0.717, 1.165) is 26.7 Å². The summed E-state index contributed by atoms with van der Waals surface area (Å²) in [6.07, 6.45) is 2.42. The van der Waals surface area contributed by atoms with E-state index in [9.17, 15) is 9.59 Å². The number of carbonyl (C=O) groups is 2. The number of carbonyl (C=O) groups excluding carboxylic acids is 2. The van der Waals surface area contributed by atoms with Crippen LogP contribution >= 0.6 is 11.8 Å². The van der Waals surface area contributed by atoms with Crippen LogP contribution in [0.4, 0.5) is 11.4 Å². The number of amides is 1. The van der Waals surface area contributed by atoms with Crippen LogP contribution in [0.25, 0.3) is 22.4 Å². The lowest BCUT2D eigenvalue weighted by Gasteiger charge is -2.32. The summed E-state index contributed by atoms with van der Waals surface area (Å²) in [7, 11) is 0. The highest BCUT2D eigenvalue weighted by molar-refractivity contribution is 7.99. The second-order valence-corrected chi connectivity index (χ2v) is 9.40. The zero-order valence-electron chi connectivity index (χ0n) is 19.2. The molecular weight excluding hydrogens is 472 g/mol. The molecule has 7 nitrogen and oxygen atoms in total. The van der Waals surface area contributed by atoms with Crippen molar-refractivity contribution in [2.24, 2.45) is 0 Å². The summed E-state index contributed by atoms with van der Waals surface area (Å²) in [5.41, 5.74) is 4.13. The van der Waals surface area contributed by atoms with E-state index in [1.807, 2.05) is 60.7 Å². The lowest BCUT2D eigenvalue weighted by Crippen LogP contribution is -2.38. The molecule has 0 radical (unpaired) electrons. The van der Waals surface area contributed by atoms with Crippen molar-refractivity contribution in [1.82, 2.24) is 15.0 Å². The van der Waals surface area contributed by atoms with Crippen LogP contribution in [0.15, 0.2) is 101 Å². The molecule has 1 aliphatic heterocycles. The lowest BCUT2D eigenvalue weighted by molar-refractivity contribution is -0.125. The fraction of sp³-hybridized carbons (Fsp3) is 0.0714. The number of anilines is 2. The molecule has 3 aromatic carbocycles. The molecular formula is C28H20N4O3S. The van der Waals surface area contributed by atoms with E-state index in [4.69, 9.17) is 4.74 Å². The molecule has 1 aliphatic rings. The van der Waals surface area contributed by atoms with Crippen molar-refractivity contribution in [3.05, 3.63) is 96.8 Å². The number of imidazole rings is 1. The van der Waals surface area contributed by atoms with Gasteiger partial charge in [0.2, 0.25) is 0 Å². The molecule has 176 valence electrons. The maximum atomic E-state index is 13.6. The van der Waals surface area contributed by atoms with E-state index >= 15 is 0 Å². The van der Waals surface area contributed by atoms with Crippen molar-refractivity contribution in [2.75, 3.05) is 4.90 Å². The van der Waals surface area contributed by atoms with Crippen LogP contribution in [-0.2, 0) is 9.53 Å². The maximum absolute atomic E-state index is 13.6. The van der Waals surface area contributed by atoms with Gasteiger partial charge in [-0.25, -0.2) is 9.78 Å². The Kier molecular flexibility index (Phi) is 5.50. The Morgan fingerprint density at radius 1 is 0.944 bits per heavy atom. The first-order valence-corrected chi connectivity index (χ1v) is 12.2. The van der Waals surface area contributed by atoms with Gasteiger partial charge in [0, 0.05) is 27.7 Å². The molecule has 0 saturated heterocycles. The number of para-hydroxylation sites is 2. The zero-order chi connectivity index (χ0) is 24.6. The van der Waals surface area contributed by atoms with Crippen molar-refractivity contribution in [3.63, 3.8) is 0 Å². The number of aromatic amines is 1. The minimum absolute atomic E-state index is 0.315. The fourth-order valence-electron chi connectivity index (χ4n) is 4.18. The van der Waals surface area contributed by atoms with Gasteiger partial charge in [-0.15, -0.1) is 0 Å². The van der Waals surface area contributed by atoms with E-state index < -0.39 is 12.1 Å². The Morgan fingerprint density at radius 2 is 1.67 bits per heavy atom. The number of nitrogens with one attached hydrogen (secondary N) is 1. The van der Waals surface area contributed by atoms with Crippen LogP contribution < -0.4 is 4.90 Å². The molecule has 6 rings (SSSR count). The first-order chi connectivity index (χ1) is 17.6. The van der Waals surface area contributed by atoms with Crippen molar-refractivity contribution in [2.45, 2.75) is 22.8 Å². The molecule has 3 heterocycles. The average molecular weight is 493 g/mol. The first-order valence-electron chi connectivity index (χ1n) is 11.4. The van der Waals surface area contributed by atoms with E-state index in [1.54, 1.807) is 54.2 Å². The molecule has 1 N–H and O–H groups in total. The number of hydrogen-bond donors (Lipinski definition) is 1. The number of aromatic nitrogens is 3. The summed E-state index contributed by atoms with van der Waals surface area (Å²) in [5.74, 6) is -0.235. The second-order valence-electron chi connectivity index (χ2n) is 8.32. The molecule has 0 fully saturated rings. The van der Waals surface area contributed by atoms with Crippen LogP contribution in [0.3, 0.4) is 0 Å². The summed E-state index contributed by atoms with van der Waals surface area (Å²) in [4.78, 5) is 42.1. The Bertz CT molecular complexity index is 1570. The van der Waals surface area contributed by atoms with Crippen LogP contribution in [0.2, 0.25) is 0 Å². The average Bonchev–Trinajstić information content (AvgIpc) is 3.35. The molecule has 36 heavy (non-hydrogen) atoms. The van der Waals surface area contributed by atoms with Crippen LogP contribution in [0.5, 0.6) is 0 Å². The third kappa shape index (κ3) is 3.91. The van der Waals surface area contributed by atoms with Gasteiger partial charge < -0.3 is 9.72 Å². The number of hydrogen-bond acceptors (Lipinski definition) is 6. The van der Waals surface area contributed by atoms with Gasteiger partial charge in [-0.3, -0.25) is 14.7 Å². The standard InChI is InChI=1S/C28H20N4O3S/c1-17(27(33)32-22-8-2-4-10-24(22)36-25-11-5-3-9-23(25)32)35-28(34)18-12-13-20-21(15-18)31-26(30-20)19-7-6-14-29-16-19/h2-17H,1H3,(H,30,31). The van der Waals surface area contributed by atoms with Crippen molar-refractivity contribution < 1.29 is 14.3 Å². The number of esters is 1. The van der Waals surface area contributed by atoms with Crippen LogP contribution in [0, 0.1) is 0 Å². The molecule has 0 bridgehead atoms. The number of nitrogens with zero attached hydrogens (tertiary/aromatic N) is 3. The Hall–Kier alpha value is -4.43. The number of ether oxygens (including phenoxy) is 1. The van der Waals surface area contributed by atoms with Crippen molar-refractivity contribution in [3.8, 4) is 11.4 Å². The monoisotopic (exact) mass is 492 g/mol. The molecule has 8 heteroatoms. The smallest absolute Gasteiger partial charge is 0.338 e. The van der Waals surface area contributed by atoms with Gasteiger partial charge in [0.1, 0.15) is 5.82 Å². The third-order valence-electron chi connectivity index (χ3n) is 5.94. The van der Waals surface area contributed by atoms with Crippen LogP contribution in [0.1, 0.15) is 17.3 Å². The first kappa shape index (κ1) is 22.1. The number of pyridine rings is 1. The molecule has 5 aromatic rings. The van der Waals surface area contributed by atoms with Gasteiger partial charge in [0.25, 0.3) is 5.91 Å². The molecule has 0 spiro atoms. The van der Waals surface area contributed by atoms with E-state index in [1.165, 1.54) is 0 Å². The van der Waals surface area contributed by atoms with E-state index in [0.29, 0.717) is 22.4 Å². The quantitative estimate of drug-likeness (QED) is 0.310. The third-order valence-corrected chi connectivity index (χ3v) is 7.07. The normalized spacial score (nSPS) is 13.1. The highest BCUT2D eigenvalue weighted by Gasteiger charge is 2.32. The lowest BCUT2D eigenvalue weighted by atomic mass is 10.2. The topological polar surface area (TPSA) is 88.2 Å². The number of rotatable bonds is 4. The molecule has 1 amide bonds. The highest BCUT2D eigenvalue weighted by Crippen LogP contribution is 2.48. The van der Waals surface area contributed by atoms with E-state index in [-0.39, 0.29) is 5.91 Å². The molecule has 1 unspecified atom stereocenters.